The van der Waals surface area contributed by atoms with Crippen LogP contribution in [0.4, 0.5) is 5.82 Å². The van der Waals surface area contributed by atoms with Crippen molar-refractivity contribution in [1.82, 2.24) is 14.9 Å². The van der Waals surface area contributed by atoms with Crippen LogP contribution in [-0.2, 0) is 22.3 Å². The topological polar surface area (TPSA) is 59.5 Å². The summed E-state index contributed by atoms with van der Waals surface area (Å²) in [5.74, 6) is 0.771. The van der Waals surface area contributed by atoms with Crippen molar-refractivity contribution in [3.63, 3.8) is 0 Å². The molecule has 2 aromatic rings. The fourth-order valence-electron chi connectivity index (χ4n) is 3.76. The molecule has 1 aliphatic rings. The molecule has 0 aliphatic carbocycles. The monoisotopic (exact) mass is 482 g/mol. The summed E-state index contributed by atoms with van der Waals surface area (Å²) in [6.45, 7) is 8.09. The van der Waals surface area contributed by atoms with E-state index >= 15 is 0 Å². The predicted molar refractivity (Wildman–Crippen MR) is 130 cm³/mol. The normalized spacial score (nSPS) is 18.3. The number of aryl methyl sites for hydroxylation is 2. The quantitative estimate of drug-likeness (QED) is 0.556. The van der Waals surface area contributed by atoms with Crippen LogP contribution in [0.2, 0.25) is 10.0 Å². The molecule has 1 saturated heterocycles. The van der Waals surface area contributed by atoms with Crippen LogP contribution in [0.1, 0.15) is 32.2 Å². The molecule has 0 bridgehead atoms. The summed E-state index contributed by atoms with van der Waals surface area (Å²) in [5, 5.41) is 5.20. The summed E-state index contributed by atoms with van der Waals surface area (Å²) in [4.78, 5) is 11.9. The smallest absolute Gasteiger partial charge is 0.259 e. The van der Waals surface area contributed by atoms with E-state index in [9.17, 15) is 0 Å². The Morgan fingerprint density at radius 2 is 1.90 bits per heavy atom. The highest BCUT2D eigenvalue weighted by molar-refractivity contribution is 7.80. The van der Waals surface area contributed by atoms with Gasteiger partial charge in [-0.2, -0.15) is 0 Å². The first-order chi connectivity index (χ1) is 14.9. The van der Waals surface area contributed by atoms with E-state index in [1.807, 2.05) is 24.0 Å². The highest BCUT2D eigenvalue weighted by atomic mass is 35.5. The molecule has 0 spiro atoms. The molecule has 1 aliphatic heterocycles. The predicted octanol–water partition coefficient (Wildman–Crippen LogP) is 5.01. The van der Waals surface area contributed by atoms with Crippen LogP contribution in [0.5, 0.6) is 0 Å². The van der Waals surface area contributed by atoms with Crippen molar-refractivity contribution < 1.29 is 9.47 Å². The first-order valence-electron chi connectivity index (χ1n) is 10.5. The zero-order chi connectivity index (χ0) is 22.5. The third kappa shape index (κ3) is 5.40. The summed E-state index contributed by atoms with van der Waals surface area (Å²) in [6, 6.07) is 5.46. The lowest BCUT2D eigenvalue weighted by molar-refractivity contribution is 0.0663. The number of rotatable bonds is 7. The fourth-order valence-corrected chi connectivity index (χ4v) is 4.41. The van der Waals surface area contributed by atoms with Crippen LogP contribution in [0.25, 0.3) is 11.3 Å². The van der Waals surface area contributed by atoms with Gasteiger partial charge < -0.3 is 19.7 Å². The van der Waals surface area contributed by atoms with Crippen molar-refractivity contribution >= 4 is 46.4 Å². The van der Waals surface area contributed by atoms with E-state index in [-0.39, 0.29) is 12.1 Å². The fraction of sp³-hybridized carbons (Fsp3) is 0.500. The number of anilines is 1. The van der Waals surface area contributed by atoms with Gasteiger partial charge in [-0.15, -0.1) is 0 Å². The van der Waals surface area contributed by atoms with Crippen molar-refractivity contribution in [3.05, 3.63) is 39.6 Å². The molecule has 168 valence electrons. The Kier molecular flexibility index (Phi) is 8.33. The van der Waals surface area contributed by atoms with Gasteiger partial charge in [0.15, 0.2) is 0 Å². The number of hydrogen-bond acceptors (Lipinski definition) is 6. The maximum absolute atomic E-state index is 6.47. The molecular weight excluding hydrogens is 455 g/mol. The van der Waals surface area contributed by atoms with Gasteiger partial charge in [-0.25, -0.2) is 9.97 Å². The Morgan fingerprint density at radius 3 is 2.52 bits per heavy atom. The highest BCUT2D eigenvalue weighted by Crippen LogP contribution is 2.33. The van der Waals surface area contributed by atoms with Crippen molar-refractivity contribution in [3.8, 4) is 11.3 Å². The third-order valence-electron chi connectivity index (χ3n) is 5.30. The molecule has 3 rings (SSSR count). The average molecular weight is 483 g/mol. The number of aromatic nitrogens is 2. The zero-order valence-corrected chi connectivity index (χ0v) is 20.6. The number of methoxy groups -OCH3 is 1. The van der Waals surface area contributed by atoms with Gasteiger partial charge in [0.05, 0.1) is 41.4 Å². The van der Waals surface area contributed by atoms with Gasteiger partial charge in [-0.3, -0.25) is 0 Å². The SMILES string of the molecule is CCO[C@H]1CN(C(=S)OC)C[C@H]1Nc1nc(CC)c(-c2ccc(Cl)cc2Cl)nc1CC. The molecular formula is C22H28Cl2N4O2S. The summed E-state index contributed by atoms with van der Waals surface area (Å²) >= 11 is 17.9. The Balaban J connectivity index is 1.95. The highest BCUT2D eigenvalue weighted by Gasteiger charge is 2.36. The van der Waals surface area contributed by atoms with Gasteiger partial charge in [-0.05, 0) is 50.2 Å². The van der Waals surface area contributed by atoms with Crippen LogP contribution in [0.15, 0.2) is 18.2 Å². The first-order valence-corrected chi connectivity index (χ1v) is 11.6. The molecule has 2 atom stereocenters. The number of hydrogen-bond donors (Lipinski definition) is 1. The molecule has 6 nitrogen and oxygen atoms in total. The van der Waals surface area contributed by atoms with Gasteiger partial charge in [0.1, 0.15) is 5.82 Å². The van der Waals surface area contributed by atoms with Crippen molar-refractivity contribution in [2.45, 2.75) is 45.8 Å². The van der Waals surface area contributed by atoms with E-state index in [2.05, 4.69) is 19.2 Å². The molecule has 2 heterocycles. The maximum Gasteiger partial charge on any atom is 0.259 e. The van der Waals surface area contributed by atoms with Gasteiger partial charge >= 0.3 is 0 Å². The standard InChI is InChI=1S/C22H28Cl2N4O2S/c1-5-16-20(14-9-8-13(23)10-15(14)24)25-17(6-2)21(26-16)27-18-11-28(22(31)29-4)12-19(18)30-7-3/h8-10,18-19H,5-7,11-12H2,1-4H3,(H,26,27)/t18-,19+/m1/s1. The summed E-state index contributed by atoms with van der Waals surface area (Å²) < 4.78 is 11.2. The average Bonchev–Trinajstić information content (AvgIpc) is 3.15. The van der Waals surface area contributed by atoms with Crippen molar-refractivity contribution in [1.29, 1.82) is 0 Å². The second-order valence-corrected chi connectivity index (χ2v) is 8.46. The number of ether oxygens (including phenoxy) is 2. The molecule has 9 heteroatoms. The van der Waals surface area contributed by atoms with Gasteiger partial charge in [0.25, 0.3) is 5.17 Å². The second kappa shape index (κ2) is 10.8. The molecule has 1 N–H and O–H groups in total. The molecule has 1 fully saturated rings. The van der Waals surface area contributed by atoms with Gasteiger partial charge in [0.2, 0.25) is 0 Å². The molecule has 0 amide bonds. The summed E-state index contributed by atoms with van der Waals surface area (Å²) in [7, 11) is 1.59. The van der Waals surface area contributed by atoms with Crippen molar-refractivity contribution in [2.24, 2.45) is 0 Å². The Bertz CT molecular complexity index is 944. The number of nitrogens with zero attached hydrogens (tertiary/aromatic N) is 3. The molecule has 1 aromatic carbocycles. The van der Waals surface area contributed by atoms with E-state index in [0.29, 0.717) is 34.9 Å². The van der Waals surface area contributed by atoms with Crippen LogP contribution in [-0.4, -0.2) is 59.0 Å². The Morgan fingerprint density at radius 1 is 1.16 bits per heavy atom. The molecule has 31 heavy (non-hydrogen) atoms. The minimum absolute atomic E-state index is 0.0160. The minimum Gasteiger partial charge on any atom is -0.474 e. The Hall–Kier alpha value is -1.67. The third-order valence-corrected chi connectivity index (χ3v) is 6.27. The van der Waals surface area contributed by atoms with E-state index in [4.69, 9.17) is 54.9 Å². The van der Waals surface area contributed by atoms with E-state index in [1.54, 1.807) is 13.2 Å². The first kappa shape index (κ1) is 24.0. The lowest BCUT2D eigenvalue weighted by Gasteiger charge is -2.22. The van der Waals surface area contributed by atoms with Crippen LogP contribution in [0.3, 0.4) is 0 Å². The van der Waals surface area contributed by atoms with Crippen LogP contribution >= 0.6 is 35.4 Å². The van der Waals surface area contributed by atoms with E-state index < -0.39 is 0 Å². The summed E-state index contributed by atoms with van der Waals surface area (Å²) in [5.41, 5.74) is 3.38. The Labute approximate surface area is 199 Å². The molecule has 1 aromatic heterocycles. The number of nitrogens with one attached hydrogen (secondary N) is 1. The number of thiocarbonyl (C=S) groups is 1. The number of benzene rings is 1. The molecule has 0 unspecified atom stereocenters. The van der Waals surface area contributed by atoms with Crippen LogP contribution in [0, 0.1) is 0 Å². The zero-order valence-electron chi connectivity index (χ0n) is 18.2. The van der Waals surface area contributed by atoms with E-state index in [0.717, 1.165) is 41.3 Å². The maximum atomic E-state index is 6.47. The lowest BCUT2D eigenvalue weighted by atomic mass is 10.1. The minimum atomic E-state index is -0.0277. The summed E-state index contributed by atoms with van der Waals surface area (Å²) in [6.07, 6.45) is 1.42. The largest absolute Gasteiger partial charge is 0.474 e. The lowest BCUT2D eigenvalue weighted by Crippen LogP contribution is -2.35. The van der Waals surface area contributed by atoms with Crippen LogP contribution < -0.4 is 5.32 Å². The van der Waals surface area contributed by atoms with Crippen molar-refractivity contribution in [2.75, 3.05) is 32.1 Å². The molecule has 0 saturated carbocycles. The van der Waals surface area contributed by atoms with Gasteiger partial charge in [-0.1, -0.05) is 37.0 Å². The number of halogens is 2. The number of likely N-dealkylation sites (tertiary alicyclic amines) is 1. The second-order valence-electron chi connectivity index (χ2n) is 7.27. The van der Waals surface area contributed by atoms with E-state index in [1.165, 1.54) is 0 Å². The molecule has 0 radical (unpaired) electrons. The van der Waals surface area contributed by atoms with Gasteiger partial charge in [0, 0.05) is 30.3 Å².